The number of benzene rings is 1. The van der Waals surface area contributed by atoms with E-state index in [1.54, 1.807) is 6.07 Å². The minimum Gasteiger partial charge on any atom is -0.423 e. The first kappa shape index (κ1) is 9.77. The summed E-state index contributed by atoms with van der Waals surface area (Å²) in [6.45, 7) is 3.82. The van der Waals surface area contributed by atoms with Gasteiger partial charge in [-0.1, -0.05) is 27.6 Å². The molecular formula is C8H10BBrO2. The topological polar surface area (TPSA) is 40.5 Å². The maximum atomic E-state index is 8.95. The van der Waals surface area contributed by atoms with Gasteiger partial charge in [-0.15, -0.1) is 0 Å². The number of aryl methyl sites for hydroxylation is 2. The lowest BCUT2D eigenvalue weighted by atomic mass is 9.77. The Balaban J connectivity index is 3.23. The lowest BCUT2D eigenvalue weighted by Gasteiger charge is -2.07. The zero-order chi connectivity index (χ0) is 9.30. The van der Waals surface area contributed by atoms with Crippen LogP contribution in [0.2, 0.25) is 0 Å². The van der Waals surface area contributed by atoms with E-state index >= 15 is 0 Å². The summed E-state index contributed by atoms with van der Waals surface area (Å²) in [6, 6.07) is 3.65. The van der Waals surface area contributed by atoms with E-state index in [1.807, 2.05) is 19.9 Å². The molecule has 0 aliphatic carbocycles. The number of halogens is 1. The van der Waals surface area contributed by atoms with Gasteiger partial charge in [0.05, 0.1) is 0 Å². The van der Waals surface area contributed by atoms with Crippen molar-refractivity contribution in [1.82, 2.24) is 0 Å². The second kappa shape index (κ2) is 3.60. The molecule has 0 saturated heterocycles. The molecule has 2 nitrogen and oxygen atoms in total. The lowest BCUT2D eigenvalue weighted by molar-refractivity contribution is 0.425. The monoisotopic (exact) mass is 228 g/mol. The molecule has 0 aliphatic heterocycles. The van der Waals surface area contributed by atoms with Crippen LogP contribution in [0, 0.1) is 13.8 Å². The molecule has 4 heteroatoms. The highest BCUT2D eigenvalue weighted by molar-refractivity contribution is 9.10. The molecule has 0 spiro atoms. The van der Waals surface area contributed by atoms with E-state index in [2.05, 4.69) is 15.9 Å². The van der Waals surface area contributed by atoms with E-state index in [0.717, 1.165) is 15.6 Å². The molecule has 0 bridgehead atoms. The van der Waals surface area contributed by atoms with Crippen molar-refractivity contribution in [2.75, 3.05) is 0 Å². The van der Waals surface area contributed by atoms with E-state index in [1.165, 1.54) is 0 Å². The van der Waals surface area contributed by atoms with Crippen molar-refractivity contribution in [3.63, 3.8) is 0 Å². The molecule has 1 aromatic rings. The molecule has 0 heterocycles. The van der Waals surface area contributed by atoms with Crippen molar-refractivity contribution >= 4 is 28.5 Å². The van der Waals surface area contributed by atoms with E-state index < -0.39 is 7.12 Å². The maximum absolute atomic E-state index is 8.95. The summed E-state index contributed by atoms with van der Waals surface area (Å²) in [7, 11) is -1.39. The average molecular weight is 229 g/mol. The molecule has 0 unspecified atom stereocenters. The van der Waals surface area contributed by atoms with Crippen LogP contribution in [-0.2, 0) is 0 Å². The molecule has 0 aliphatic rings. The first-order valence-electron chi connectivity index (χ1n) is 3.65. The van der Waals surface area contributed by atoms with Crippen LogP contribution in [0.3, 0.4) is 0 Å². The first-order valence-corrected chi connectivity index (χ1v) is 4.44. The molecule has 0 amide bonds. The van der Waals surface area contributed by atoms with Gasteiger partial charge < -0.3 is 10.0 Å². The van der Waals surface area contributed by atoms with Crippen LogP contribution in [-0.4, -0.2) is 17.2 Å². The van der Waals surface area contributed by atoms with Crippen LogP contribution in [0.15, 0.2) is 16.6 Å². The van der Waals surface area contributed by atoms with Crippen LogP contribution in [0.5, 0.6) is 0 Å². The maximum Gasteiger partial charge on any atom is 0.488 e. The Hall–Kier alpha value is -0.315. The van der Waals surface area contributed by atoms with Gasteiger partial charge in [-0.05, 0) is 30.9 Å². The second-order valence-corrected chi connectivity index (χ2v) is 3.69. The molecule has 0 saturated carbocycles. The minimum absolute atomic E-state index is 0.549. The third-order valence-corrected chi connectivity index (χ3v) is 2.68. The SMILES string of the molecule is Cc1cc(C)c(B(O)O)cc1Br. The normalized spacial score (nSPS) is 10.1. The van der Waals surface area contributed by atoms with Gasteiger partial charge in [-0.25, -0.2) is 0 Å². The highest BCUT2D eigenvalue weighted by Gasteiger charge is 2.14. The number of rotatable bonds is 1. The summed E-state index contributed by atoms with van der Waals surface area (Å²) >= 11 is 3.33. The average Bonchev–Trinajstić information content (AvgIpc) is 1.96. The molecule has 0 aromatic heterocycles. The van der Waals surface area contributed by atoms with E-state index in [0.29, 0.717) is 5.46 Å². The highest BCUT2D eigenvalue weighted by Crippen LogP contribution is 2.15. The third-order valence-electron chi connectivity index (χ3n) is 1.83. The van der Waals surface area contributed by atoms with Crippen molar-refractivity contribution in [2.24, 2.45) is 0 Å². The summed E-state index contributed by atoms with van der Waals surface area (Å²) in [4.78, 5) is 0. The highest BCUT2D eigenvalue weighted by atomic mass is 79.9. The van der Waals surface area contributed by atoms with Gasteiger partial charge in [0.15, 0.2) is 0 Å². The van der Waals surface area contributed by atoms with Crippen molar-refractivity contribution in [3.05, 3.63) is 27.7 Å². The first-order chi connectivity index (χ1) is 5.52. The summed E-state index contributed by atoms with van der Waals surface area (Å²) < 4.78 is 0.899. The molecule has 0 fully saturated rings. The predicted molar refractivity (Wildman–Crippen MR) is 53.4 cm³/mol. The number of hydrogen-bond donors (Lipinski definition) is 2. The van der Waals surface area contributed by atoms with Crippen LogP contribution >= 0.6 is 15.9 Å². The van der Waals surface area contributed by atoms with Gasteiger partial charge >= 0.3 is 7.12 Å². The molecule has 1 aromatic carbocycles. The third kappa shape index (κ3) is 1.89. The zero-order valence-electron chi connectivity index (χ0n) is 7.00. The van der Waals surface area contributed by atoms with Crippen LogP contribution in [0.25, 0.3) is 0 Å². The molecular weight excluding hydrogens is 219 g/mol. The molecule has 0 radical (unpaired) electrons. The molecule has 0 atom stereocenters. The van der Waals surface area contributed by atoms with Gasteiger partial charge in [-0.2, -0.15) is 0 Å². The predicted octanol–water partition coefficient (Wildman–Crippen LogP) is 0.746. The Labute approximate surface area is 80.5 Å². The molecule has 12 heavy (non-hydrogen) atoms. The Kier molecular flexibility index (Phi) is 2.93. The minimum atomic E-state index is -1.39. The summed E-state index contributed by atoms with van der Waals surface area (Å²) in [6.07, 6.45) is 0. The van der Waals surface area contributed by atoms with Crippen molar-refractivity contribution in [1.29, 1.82) is 0 Å². The van der Waals surface area contributed by atoms with Crippen molar-refractivity contribution < 1.29 is 10.0 Å². The van der Waals surface area contributed by atoms with Crippen LogP contribution < -0.4 is 5.46 Å². The Morgan fingerprint density at radius 2 is 1.75 bits per heavy atom. The standard InChI is InChI=1S/C8H10BBrO2/c1-5-3-6(2)8(10)4-7(5)9(11)12/h3-4,11-12H,1-2H3. The van der Waals surface area contributed by atoms with Crippen LogP contribution in [0.1, 0.15) is 11.1 Å². The largest absolute Gasteiger partial charge is 0.488 e. The quantitative estimate of drug-likeness (QED) is 0.697. The van der Waals surface area contributed by atoms with Crippen molar-refractivity contribution in [3.8, 4) is 0 Å². The Morgan fingerprint density at radius 1 is 1.17 bits per heavy atom. The Bertz CT molecular complexity index is 299. The van der Waals surface area contributed by atoms with Gasteiger partial charge in [0.1, 0.15) is 0 Å². The smallest absolute Gasteiger partial charge is 0.423 e. The summed E-state index contributed by atoms with van der Waals surface area (Å²) in [5.41, 5.74) is 2.54. The van der Waals surface area contributed by atoms with E-state index in [9.17, 15) is 0 Å². The van der Waals surface area contributed by atoms with Gasteiger partial charge in [-0.3, -0.25) is 0 Å². The number of hydrogen-bond acceptors (Lipinski definition) is 2. The summed E-state index contributed by atoms with van der Waals surface area (Å²) in [5.74, 6) is 0. The Morgan fingerprint density at radius 3 is 2.25 bits per heavy atom. The molecule has 2 N–H and O–H groups in total. The second-order valence-electron chi connectivity index (χ2n) is 2.83. The fraction of sp³-hybridized carbons (Fsp3) is 0.250. The van der Waals surface area contributed by atoms with Gasteiger partial charge in [0, 0.05) is 4.47 Å². The summed E-state index contributed by atoms with van der Waals surface area (Å²) in [5, 5.41) is 17.9. The molecule has 1 rings (SSSR count). The fourth-order valence-electron chi connectivity index (χ4n) is 1.12. The van der Waals surface area contributed by atoms with E-state index in [-0.39, 0.29) is 0 Å². The van der Waals surface area contributed by atoms with Gasteiger partial charge in [0.25, 0.3) is 0 Å². The zero-order valence-corrected chi connectivity index (χ0v) is 8.59. The van der Waals surface area contributed by atoms with E-state index in [4.69, 9.17) is 10.0 Å². The van der Waals surface area contributed by atoms with Crippen molar-refractivity contribution in [2.45, 2.75) is 13.8 Å². The van der Waals surface area contributed by atoms with Crippen LogP contribution in [0.4, 0.5) is 0 Å². The molecule has 64 valence electrons. The van der Waals surface area contributed by atoms with Gasteiger partial charge in [0.2, 0.25) is 0 Å². The lowest BCUT2D eigenvalue weighted by Crippen LogP contribution is -2.32. The fourth-order valence-corrected chi connectivity index (χ4v) is 1.48.